The highest BCUT2D eigenvalue weighted by atomic mass is 79.9. The van der Waals surface area contributed by atoms with E-state index in [0.717, 1.165) is 10.3 Å². The van der Waals surface area contributed by atoms with Gasteiger partial charge in [0.25, 0.3) is 0 Å². The van der Waals surface area contributed by atoms with Crippen molar-refractivity contribution in [2.24, 2.45) is 0 Å². The Morgan fingerprint density at radius 1 is 1.19 bits per heavy atom. The monoisotopic (exact) mass is 274 g/mol. The topological polar surface area (TPSA) is 17.3 Å². The van der Waals surface area contributed by atoms with Gasteiger partial charge in [0.05, 0.1) is 5.52 Å². The first-order chi connectivity index (χ1) is 7.65. The molecule has 16 heavy (non-hydrogen) atoms. The second-order valence-electron chi connectivity index (χ2n) is 4.14. The predicted molar refractivity (Wildman–Crippen MR) is 69.9 cm³/mol. The minimum absolute atomic E-state index is 0.875. The number of pyridine rings is 1. The molecule has 0 saturated heterocycles. The first kappa shape index (κ1) is 9.85. The lowest BCUT2D eigenvalue weighted by molar-refractivity contribution is 1.24. The lowest BCUT2D eigenvalue weighted by Crippen LogP contribution is -1.90. The summed E-state index contributed by atoms with van der Waals surface area (Å²) in [4.78, 5) is 4.43. The van der Waals surface area contributed by atoms with Gasteiger partial charge in [-0.3, -0.25) is 4.40 Å². The van der Waals surface area contributed by atoms with Crippen molar-refractivity contribution in [3.05, 3.63) is 46.2 Å². The molecule has 1 aromatic carbocycles. The first-order valence-corrected chi connectivity index (χ1v) is 5.99. The Morgan fingerprint density at radius 2 is 2.00 bits per heavy atom. The van der Waals surface area contributed by atoms with Crippen LogP contribution in [0, 0.1) is 13.8 Å². The van der Waals surface area contributed by atoms with Gasteiger partial charge in [-0.1, -0.05) is 11.6 Å². The average Bonchev–Trinajstić information content (AvgIpc) is 2.59. The maximum absolute atomic E-state index is 4.43. The molecule has 0 radical (unpaired) electrons. The number of rotatable bonds is 0. The number of aromatic nitrogens is 2. The van der Waals surface area contributed by atoms with E-state index in [9.17, 15) is 0 Å². The number of fused-ring (bicyclic) bond motifs is 3. The molecule has 0 atom stereocenters. The molecule has 2 heterocycles. The van der Waals surface area contributed by atoms with E-state index < -0.39 is 0 Å². The molecule has 0 fully saturated rings. The van der Waals surface area contributed by atoms with Crippen LogP contribution in [0.3, 0.4) is 0 Å². The zero-order valence-electron chi connectivity index (χ0n) is 9.16. The predicted octanol–water partition coefficient (Wildman–Crippen LogP) is 3.87. The van der Waals surface area contributed by atoms with E-state index in [2.05, 4.69) is 63.4 Å². The molecule has 0 unspecified atom stereocenters. The van der Waals surface area contributed by atoms with E-state index in [1.165, 1.54) is 22.0 Å². The van der Waals surface area contributed by atoms with E-state index in [0.29, 0.717) is 0 Å². The highest BCUT2D eigenvalue weighted by Gasteiger charge is 2.06. The van der Waals surface area contributed by atoms with Gasteiger partial charge in [0.1, 0.15) is 10.3 Å². The fraction of sp³-hybridized carbons (Fsp3) is 0.154. The lowest BCUT2D eigenvalue weighted by atomic mass is 10.1. The molecule has 0 aliphatic heterocycles. The Bertz CT molecular complexity index is 698. The highest BCUT2D eigenvalue weighted by Crippen LogP contribution is 2.23. The molecule has 0 N–H and O–H groups in total. The quantitative estimate of drug-likeness (QED) is 0.608. The minimum Gasteiger partial charge on any atom is -0.298 e. The van der Waals surface area contributed by atoms with Gasteiger partial charge in [-0.05, 0) is 53.5 Å². The van der Waals surface area contributed by atoms with E-state index in [1.54, 1.807) is 0 Å². The van der Waals surface area contributed by atoms with Crippen molar-refractivity contribution in [3.8, 4) is 0 Å². The Morgan fingerprint density at radius 3 is 2.81 bits per heavy atom. The SMILES string of the molecule is Cc1ccc2c(c1)c(C)cc1nc(Br)cn12. The summed E-state index contributed by atoms with van der Waals surface area (Å²) in [5.74, 6) is 0. The summed E-state index contributed by atoms with van der Waals surface area (Å²) in [5.41, 5.74) is 4.75. The van der Waals surface area contributed by atoms with Crippen LogP contribution in [0.25, 0.3) is 16.6 Å². The number of hydrogen-bond acceptors (Lipinski definition) is 1. The standard InChI is InChI=1S/C13H11BrN2/c1-8-3-4-11-10(5-8)9(2)6-13-15-12(14)7-16(11)13/h3-7H,1-2H3. The number of benzene rings is 1. The summed E-state index contributed by atoms with van der Waals surface area (Å²) in [6, 6.07) is 8.62. The van der Waals surface area contributed by atoms with Gasteiger partial charge in [0, 0.05) is 11.6 Å². The fourth-order valence-electron chi connectivity index (χ4n) is 2.11. The second-order valence-corrected chi connectivity index (χ2v) is 4.95. The minimum atomic E-state index is 0.875. The van der Waals surface area contributed by atoms with Gasteiger partial charge in [0.2, 0.25) is 0 Å². The maximum Gasteiger partial charge on any atom is 0.138 e. The van der Waals surface area contributed by atoms with Gasteiger partial charge in [-0.25, -0.2) is 4.98 Å². The smallest absolute Gasteiger partial charge is 0.138 e. The number of halogens is 1. The zero-order chi connectivity index (χ0) is 11.3. The van der Waals surface area contributed by atoms with Crippen LogP contribution in [-0.4, -0.2) is 9.38 Å². The molecule has 3 aromatic rings. The van der Waals surface area contributed by atoms with Crippen molar-refractivity contribution in [2.75, 3.05) is 0 Å². The van der Waals surface area contributed by atoms with Gasteiger partial charge >= 0.3 is 0 Å². The molecule has 80 valence electrons. The molecular formula is C13H11BrN2. The highest BCUT2D eigenvalue weighted by molar-refractivity contribution is 9.10. The molecule has 0 aliphatic carbocycles. The van der Waals surface area contributed by atoms with Crippen LogP contribution in [0.2, 0.25) is 0 Å². The van der Waals surface area contributed by atoms with Crippen LogP contribution >= 0.6 is 15.9 Å². The van der Waals surface area contributed by atoms with Crippen molar-refractivity contribution in [3.63, 3.8) is 0 Å². The lowest BCUT2D eigenvalue weighted by Gasteiger charge is -2.06. The van der Waals surface area contributed by atoms with Gasteiger partial charge in [-0.15, -0.1) is 0 Å². The fourth-order valence-corrected chi connectivity index (χ4v) is 2.49. The van der Waals surface area contributed by atoms with E-state index in [1.807, 2.05) is 6.20 Å². The largest absolute Gasteiger partial charge is 0.298 e. The summed E-state index contributed by atoms with van der Waals surface area (Å²) >= 11 is 3.42. The van der Waals surface area contributed by atoms with E-state index in [-0.39, 0.29) is 0 Å². The van der Waals surface area contributed by atoms with Crippen LogP contribution in [-0.2, 0) is 0 Å². The Kier molecular flexibility index (Phi) is 2.04. The third kappa shape index (κ3) is 1.35. The molecular weight excluding hydrogens is 264 g/mol. The molecule has 0 saturated carbocycles. The summed E-state index contributed by atoms with van der Waals surface area (Å²) in [7, 11) is 0. The molecule has 3 heteroatoms. The van der Waals surface area contributed by atoms with Crippen LogP contribution in [0.15, 0.2) is 35.1 Å². The van der Waals surface area contributed by atoms with Crippen molar-refractivity contribution in [1.29, 1.82) is 0 Å². The molecule has 3 rings (SSSR count). The Hall–Kier alpha value is -1.35. The number of imidazole rings is 1. The van der Waals surface area contributed by atoms with Crippen LogP contribution < -0.4 is 0 Å². The van der Waals surface area contributed by atoms with Crippen molar-refractivity contribution < 1.29 is 0 Å². The number of aryl methyl sites for hydroxylation is 2. The average molecular weight is 275 g/mol. The molecule has 0 spiro atoms. The maximum atomic E-state index is 4.43. The third-order valence-corrected chi connectivity index (χ3v) is 3.27. The molecule has 0 bridgehead atoms. The molecule has 2 nitrogen and oxygen atoms in total. The number of nitrogens with zero attached hydrogens (tertiary/aromatic N) is 2. The summed E-state index contributed by atoms with van der Waals surface area (Å²) in [5, 5.41) is 1.29. The second kappa shape index (κ2) is 3.32. The summed E-state index contributed by atoms with van der Waals surface area (Å²) in [6.45, 7) is 4.25. The van der Waals surface area contributed by atoms with Crippen molar-refractivity contribution >= 4 is 32.5 Å². The van der Waals surface area contributed by atoms with Crippen molar-refractivity contribution in [1.82, 2.24) is 9.38 Å². The van der Waals surface area contributed by atoms with Crippen LogP contribution in [0.1, 0.15) is 11.1 Å². The zero-order valence-corrected chi connectivity index (χ0v) is 10.7. The van der Waals surface area contributed by atoms with Gasteiger partial charge in [-0.2, -0.15) is 0 Å². The molecule has 0 amide bonds. The first-order valence-electron chi connectivity index (χ1n) is 5.20. The summed E-state index contributed by atoms with van der Waals surface area (Å²) in [6.07, 6.45) is 2.01. The van der Waals surface area contributed by atoms with Crippen LogP contribution in [0.5, 0.6) is 0 Å². The number of hydrogen-bond donors (Lipinski definition) is 0. The van der Waals surface area contributed by atoms with Gasteiger partial charge in [0.15, 0.2) is 0 Å². The van der Waals surface area contributed by atoms with Crippen molar-refractivity contribution in [2.45, 2.75) is 13.8 Å². The van der Waals surface area contributed by atoms with E-state index >= 15 is 0 Å². The van der Waals surface area contributed by atoms with E-state index in [4.69, 9.17) is 0 Å². The van der Waals surface area contributed by atoms with Gasteiger partial charge < -0.3 is 0 Å². The summed E-state index contributed by atoms with van der Waals surface area (Å²) < 4.78 is 2.99. The molecule has 0 aliphatic rings. The normalized spacial score (nSPS) is 11.4. The van der Waals surface area contributed by atoms with Crippen LogP contribution in [0.4, 0.5) is 0 Å². The third-order valence-electron chi connectivity index (χ3n) is 2.89. The molecule has 2 aromatic heterocycles. The Balaban J connectivity index is 2.58. The Labute approximate surface area is 102 Å².